The first-order valence-corrected chi connectivity index (χ1v) is 7.02. The molecule has 0 aliphatic carbocycles. The number of fused-ring (bicyclic) bond motifs is 1. The lowest BCUT2D eigenvalue weighted by molar-refractivity contribution is 0.199. The minimum atomic E-state index is -0.311. The van der Waals surface area contributed by atoms with Gasteiger partial charge in [-0.15, -0.1) is 0 Å². The van der Waals surface area contributed by atoms with Crippen molar-refractivity contribution in [3.05, 3.63) is 29.8 Å². The molecule has 2 aromatic rings. The molecule has 0 saturated heterocycles. The van der Waals surface area contributed by atoms with E-state index in [0.717, 1.165) is 0 Å². The Balaban J connectivity index is 2.03. The molecule has 1 atom stereocenters. The van der Waals surface area contributed by atoms with Crippen molar-refractivity contribution in [2.45, 2.75) is 33.4 Å². The summed E-state index contributed by atoms with van der Waals surface area (Å²) in [5.41, 5.74) is 1.32. The molecular formula is C15H21FN4O. The first kappa shape index (κ1) is 15.3. The molecule has 2 rings (SSSR count). The van der Waals surface area contributed by atoms with Gasteiger partial charge in [0.25, 0.3) is 0 Å². The van der Waals surface area contributed by atoms with Crippen LogP contribution in [0.5, 0.6) is 0 Å². The number of urea groups is 1. The van der Waals surface area contributed by atoms with Gasteiger partial charge in [0.05, 0.1) is 17.6 Å². The maximum absolute atomic E-state index is 13.1. The SMILES string of the molecule is CC(C)[C@@H](C)NC(=O)N(C)Cc1nc2ccc(F)cc2[nH]1. The molecule has 0 aliphatic heterocycles. The van der Waals surface area contributed by atoms with Crippen LogP contribution in [-0.2, 0) is 6.54 Å². The van der Waals surface area contributed by atoms with Crippen molar-refractivity contribution in [3.63, 3.8) is 0 Å². The lowest BCUT2D eigenvalue weighted by Crippen LogP contribution is -2.43. The Kier molecular flexibility index (Phi) is 4.45. The number of hydrogen-bond donors (Lipinski definition) is 2. The van der Waals surface area contributed by atoms with Crippen molar-refractivity contribution in [2.24, 2.45) is 5.92 Å². The summed E-state index contributed by atoms with van der Waals surface area (Å²) in [6, 6.07) is 4.33. The van der Waals surface area contributed by atoms with Crippen molar-refractivity contribution in [1.82, 2.24) is 20.2 Å². The number of rotatable bonds is 4. The number of carbonyl (C=O) groups is 1. The van der Waals surface area contributed by atoms with Crippen LogP contribution in [0.4, 0.5) is 9.18 Å². The highest BCUT2D eigenvalue weighted by molar-refractivity contribution is 5.76. The maximum Gasteiger partial charge on any atom is 0.317 e. The van der Waals surface area contributed by atoms with Crippen LogP contribution >= 0.6 is 0 Å². The number of carbonyl (C=O) groups excluding carboxylic acids is 1. The number of benzene rings is 1. The van der Waals surface area contributed by atoms with Crippen molar-refractivity contribution < 1.29 is 9.18 Å². The molecule has 1 aromatic heterocycles. The van der Waals surface area contributed by atoms with Crippen molar-refractivity contribution in [3.8, 4) is 0 Å². The summed E-state index contributed by atoms with van der Waals surface area (Å²) in [5.74, 6) is 0.691. The molecule has 0 bridgehead atoms. The number of amides is 2. The molecule has 0 saturated carbocycles. The van der Waals surface area contributed by atoms with E-state index in [9.17, 15) is 9.18 Å². The standard InChI is InChI=1S/C15H21FN4O/c1-9(2)10(3)17-15(21)20(4)8-14-18-12-6-5-11(16)7-13(12)19-14/h5-7,9-10H,8H2,1-4H3,(H,17,21)(H,18,19)/t10-/m1/s1. The van der Waals surface area contributed by atoms with E-state index in [1.165, 1.54) is 12.1 Å². The highest BCUT2D eigenvalue weighted by Crippen LogP contribution is 2.13. The largest absolute Gasteiger partial charge is 0.340 e. The zero-order chi connectivity index (χ0) is 15.6. The lowest BCUT2D eigenvalue weighted by Gasteiger charge is -2.22. The second-order valence-corrected chi connectivity index (χ2v) is 5.68. The fourth-order valence-electron chi connectivity index (χ4n) is 1.88. The minimum Gasteiger partial charge on any atom is -0.340 e. The number of halogens is 1. The quantitative estimate of drug-likeness (QED) is 0.910. The molecule has 0 radical (unpaired) electrons. The van der Waals surface area contributed by atoms with Gasteiger partial charge in [-0.25, -0.2) is 14.2 Å². The third-order valence-corrected chi connectivity index (χ3v) is 3.58. The zero-order valence-electron chi connectivity index (χ0n) is 12.8. The highest BCUT2D eigenvalue weighted by atomic mass is 19.1. The van der Waals surface area contributed by atoms with Gasteiger partial charge in [-0.05, 0) is 31.0 Å². The van der Waals surface area contributed by atoms with E-state index in [0.29, 0.717) is 29.3 Å². The number of imidazole rings is 1. The molecule has 1 heterocycles. The first-order chi connectivity index (χ1) is 9.86. The Bertz CT molecular complexity index is 638. The Hall–Kier alpha value is -2.11. The van der Waals surface area contributed by atoms with E-state index in [4.69, 9.17) is 0 Å². The van der Waals surface area contributed by atoms with E-state index >= 15 is 0 Å². The molecule has 114 valence electrons. The summed E-state index contributed by atoms with van der Waals surface area (Å²) < 4.78 is 13.1. The van der Waals surface area contributed by atoms with Gasteiger partial charge in [0.2, 0.25) is 0 Å². The maximum atomic E-state index is 13.1. The van der Waals surface area contributed by atoms with Gasteiger partial charge < -0.3 is 15.2 Å². The summed E-state index contributed by atoms with van der Waals surface area (Å²) in [4.78, 5) is 21.0. The van der Waals surface area contributed by atoms with E-state index in [1.807, 2.05) is 6.92 Å². The number of nitrogens with one attached hydrogen (secondary N) is 2. The molecule has 2 N–H and O–H groups in total. The van der Waals surface area contributed by atoms with Gasteiger partial charge in [-0.3, -0.25) is 0 Å². The molecule has 2 amide bonds. The summed E-state index contributed by atoms with van der Waals surface area (Å²) in [7, 11) is 1.70. The Labute approximate surface area is 123 Å². The summed E-state index contributed by atoms with van der Waals surface area (Å²) in [6.07, 6.45) is 0. The predicted molar refractivity (Wildman–Crippen MR) is 80.4 cm³/mol. The normalized spacial score (nSPS) is 12.7. The molecule has 0 fully saturated rings. The van der Waals surface area contributed by atoms with Crippen LogP contribution in [0.2, 0.25) is 0 Å². The second-order valence-electron chi connectivity index (χ2n) is 5.68. The number of aromatic nitrogens is 2. The molecule has 5 nitrogen and oxygen atoms in total. The predicted octanol–water partition coefficient (Wildman–Crippen LogP) is 2.89. The highest BCUT2D eigenvalue weighted by Gasteiger charge is 2.15. The lowest BCUT2D eigenvalue weighted by atomic mass is 10.1. The van der Waals surface area contributed by atoms with Crippen molar-refractivity contribution in [2.75, 3.05) is 7.05 Å². The summed E-state index contributed by atoms with van der Waals surface area (Å²) in [5, 5.41) is 2.93. The molecule has 0 spiro atoms. The zero-order valence-corrected chi connectivity index (χ0v) is 12.8. The van der Waals surface area contributed by atoms with E-state index < -0.39 is 0 Å². The summed E-state index contributed by atoms with van der Waals surface area (Å²) >= 11 is 0. The van der Waals surface area contributed by atoms with Gasteiger partial charge >= 0.3 is 6.03 Å². The molecule has 21 heavy (non-hydrogen) atoms. The average Bonchev–Trinajstić information content (AvgIpc) is 2.79. The minimum absolute atomic E-state index is 0.102. The third kappa shape index (κ3) is 3.71. The number of nitrogens with zero attached hydrogens (tertiary/aromatic N) is 2. The molecule has 0 aliphatic rings. The van der Waals surface area contributed by atoms with Gasteiger partial charge in [-0.1, -0.05) is 13.8 Å². The van der Waals surface area contributed by atoms with Crippen molar-refractivity contribution >= 4 is 17.1 Å². The van der Waals surface area contributed by atoms with Crippen LogP contribution in [-0.4, -0.2) is 34.0 Å². The third-order valence-electron chi connectivity index (χ3n) is 3.58. The smallest absolute Gasteiger partial charge is 0.317 e. The van der Waals surface area contributed by atoms with Gasteiger partial charge in [0.1, 0.15) is 11.6 Å². The first-order valence-electron chi connectivity index (χ1n) is 7.02. The molecule has 0 unspecified atom stereocenters. The fraction of sp³-hybridized carbons (Fsp3) is 0.467. The Morgan fingerprint density at radius 2 is 2.14 bits per heavy atom. The Morgan fingerprint density at radius 1 is 1.43 bits per heavy atom. The number of aromatic amines is 1. The molecular weight excluding hydrogens is 271 g/mol. The van der Waals surface area contributed by atoms with Crippen molar-refractivity contribution in [1.29, 1.82) is 0 Å². The van der Waals surface area contributed by atoms with Gasteiger partial charge in [0.15, 0.2) is 0 Å². The number of hydrogen-bond acceptors (Lipinski definition) is 2. The van der Waals surface area contributed by atoms with Crippen LogP contribution < -0.4 is 5.32 Å². The molecule has 6 heteroatoms. The fourth-order valence-corrected chi connectivity index (χ4v) is 1.88. The van der Waals surface area contributed by atoms with Crippen LogP contribution in [0.25, 0.3) is 11.0 Å². The van der Waals surface area contributed by atoms with E-state index in [-0.39, 0.29) is 17.9 Å². The van der Waals surface area contributed by atoms with E-state index in [1.54, 1.807) is 18.0 Å². The van der Waals surface area contributed by atoms with E-state index in [2.05, 4.69) is 29.1 Å². The second kappa shape index (κ2) is 6.11. The van der Waals surface area contributed by atoms with Crippen LogP contribution in [0.3, 0.4) is 0 Å². The Morgan fingerprint density at radius 3 is 2.81 bits per heavy atom. The topological polar surface area (TPSA) is 61.0 Å². The summed E-state index contributed by atoms with van der Waals surface area (Å²) in [6.45, 7) is 6.42. The van der Waals surface area contributed by atoms with Gasteiger partial charge in [-0.2, -0.15) is 0 Å². The monoisotopic (exact) mass is 292 g/mol. The molecule has 1 aromatic carbocycles. The van der Waals surface area contributed by atoms with Crippen LogP contribution in [0.1, 0.15) is 26.6 Å². The van der Waals surface area contributed by atoms with Gasteiger partial charge in [0, 0.05) is 13.1 Å². The number of H-pyrrole nitrogens is 1. The average molecular weight is 292 g/mol. The van der Waals surface area contributed by atoms with Crippen LogP contribution in [0.15, 0.2) is 18.2 Å². The van der Waals surface area contributed by atoms with Crippen LogP contribution in [0, 0.1) is 11.7 Å².